The second-order valence-corrected chi connectivity index (χ2v) is 8.11. The molecule has 0 saturated carbocycles. The summed E-state index contributed by atoms with van der Waals surface area (Å²) in [5.41, 5.74) is 2.93. The van der Waals surface area contributed by atoms with E-state index in [-0.39, 0.29) is 5.91 Å². The highest BCUT2D eigenvalue weighted by atomic mass is 16.1. The van der Waals surface area contributed by atoms with Crippen LogP contribution >= 0.6 is 0 Å². The SMILES string of the molecule is CN(C)C1CN(c2nc3cnc(NC(=O)c4ccncc4)cc3cc2-c2cn(C)nn2)C1. The maximum Gasteiger partial charge on any atom is 0.256 e. The van der Waals surface area contributed by atoms with Gasteiger partial charge in [0, 0.05) is 55.1 Å². The third-order valence-corrected chi connectivity index (χ3v) is 5.64. The zero-order valence-electron chi connectivity index (χ0n) is 18.1. The molecule has 1 aliphatic rings. The van der Waals surface area contributed by atoms with Gasteiger partial charge in [0.1, 0.15) is 17.3 Å². The average Bonchev–Trinajstić information content (AvgIpc) is 3.18. The smallest absolute Gasteiger partial charge is 0.256 e. The summed E-state index contributed by atoms with van der Waals surface area (Å²) in [6.07, 6.45) is 6.73. The second-order valence-electron chi connectivity index (χ2n) is 8.11. The van der Waals surface area contributed by atoms with Crippen molar-refractivity contribution < 1.29 is 4.79 Å². The lowest BCUT2D eigenvalue weighted by atomic mass is 10.0. The lowest BCUT2D eigenvalue weighted by Gasteiger charge is -2.44. The number of aryl methyl sites for hydroxylation is 1. The van der Waals surface area contributed by atoms with Crippen LogP contribution in [-0.2, 0) is 7.05 Å². The van der Waals surface area contributed by atoms with Gasteiger partial charge in [-0.15, -0.1) is 5.10 Å². The van der Waals surface area contributed by atoms with Gasteiger partial charge in [0.25, 0.3) is 5.91 Å². The number of hydrogen-bond acceptors (Lipinski definition) is 8. The Bertz CT molecular complexity index is 1280. The lowest BCUT2D eigenvalue weighted by molar-refractivity contribution is 0.102. The third-order valence-electron chi connectivity index (χ3n) is 5.64. The van der Waals surface area contributed by atoms with E-state index in [0.717, 1.165) is 41.1 Å². The Morgan fingerprint density at radius 1 is 1.19 bits per heavy atom. The van der Waals surface area contributed by atoms with Crippen molar-refractivity contribution in [2.75, 3.05) is 37.4 Å². The lowest BCUT2D eigenvalue weighted by Crippen LogP contribution is -2.57. The summed E-state index contributed by atoms with van der Waals surface area (Å²) >= 11 is 0. The van der Waals surface area contributed by atoms with Crippen molar-refractivity contribution in [1.82, 2.24) is 34.8 Å². The topological polar surface area (TPSA) is 105 Å². The largest absolute Gasteiger partial charge is 0.353 e. The van der Waals surface area contributed by atoms with Gasteiger partial charge in [0.05, 0.1) is 17.9 Å². The molecule has 0 spiro atoms. The van der Waals surface area contributed by atoms with Crippen molar-refractivity contribution >= 4 is 28.4 Å². The molecule has 1 fully saturated rings. The zero-order valence-corrected chi connectivity index (χ0v) is 18.1. The molecule has 1 saturated heterocycles. The number of carbonyl (C=O) groups is 1. The first kappa shape index (κ1) is 20.0. The number of hydrogen-bond donors (Lipinski definition) is 1. The van der Waals surface area contributed by atoms with Gasteiger partial charge in [-0.3, -0.25) is 14.5 Å². The van der Waals surface area contributed by atoms with Gasteiger partial charge < -0.3 is 15.1 Å². The highest BCUT2D eigenvalue weighted by Crippen LogP contribution is 2.34. The van der Waals surface area contributed by atoms with Crippen LogP contribution in [-0.4, -0.2) is 74.0 Å². The molecule has 5 rings (SSSR count). The van der Waals surface area contributed by atoms with Gasteiger partial charge in [0.2, 0.25) is 0 Å². The fourth-order valence-corrected chi connectivity index (χ4v) is 3.68. The van der Waals surface area contributed by atoms with Crippen LogP contribution in [0.25, 0.3) is 22.2 Å². The minimum Gasteiger partial charge on any atom is -0.353 e. The van der Waals surface area contributed by atoms with E-state index < -0.39 is 0 Å². The number of fused-ring (bicyclic) bond motifs is 1. The summed E-state index contributed by atoms with van der Waals surface area (Å²) in [5, 5.41) is 12.1. The van der Waals surface area contributed by atoms with Crippen LogP contribution in [0.15, 0.2) is 49.1 Å². The fraction of sp³-hybridized carbons (Fsp3) is 0.273. The molecule has 32 heavy (non-hydrogen) atoms. The molecule has 0 aromatic carbocycles. The second kappa shape index (κ2) is 7.97. The summed E-state index contributed by atoms with van der Waals surface area (Å²) in [6.45, 7) is 1.79. The molecule has 1 amide bonds. The molecule has 0 aliphatic carbocycles. The van der Waals surface area contributed by atoms with Gasteiger partial charge in [-0.2, -0.15) is 0 Å². The number of nitrogens with one attached hydrogen (secondary N) is 1. The first-order valence-corrected chi connectivity index (χ1v) is 10.3. The molecule has 5 heterocycles. The molecule has 10 heteroatoms. The highest BCUT2D eigenvalue weighted by molar-refractivity contribution is 6.04. The van der Waals surface area contributed by atoms with Crippen molar-refractivity contribution in [1.29, 1.82) is 0 Å². The number of nitrogens with zero attached hydrogens (tertiary/aromatic N) is 8. The first-order valence-electron chi connectivity index (χ1n) is 10.3. The quantitative estimate of drug-likeness (QED) is 0.512. The number of pyridine rings is 3. The molecule has 1 aliphatic heterocycles. The van der Waals surface area contributed by atoms with E-state index >= 15 is 0 Å². The normalized spacial score (nSPS) is 14.1. The van der Waals surface area contributed by atoms with Crippen molar-refractivity contribution in [2.24, 2.45) is 7.05 Å². The predicted octanol–water partition coefficient (Wildman–Crippen LogP) is 1.82. The van der Waals surface area contributed by atoms with Crippen LogP contribution in [0.1, 0.15) is 10.4 Å². The Morgan fingerprint density at radius 2 is 1.97 bits per heavy atom. The van der Waals surface area contributed by atoms with E-state index in [1.54, 1.807) is 35.4 Å². The molecule has 4 aromatic heterocycles. The molecule has 10 nitrogen and oxygen atoms in total. The Kier molecular flexibility index (Phi) is 4.98. The Labute approximate surface area is 184 Å². The van der Waals surface area contributed by atoms with Crippen molar-refractivity contribution in [3.05, 3.63) is 54.6 Å². The summed E-state index contributed by atoms with van der Waals surface area (Å²) in [4.78, 5) is 30.2. The highest BCUT2D eigenvalue weighted by Gasteiger charge is 2.31. The molecule has 162 valence electrons. The third kappa shape index (κ3) is 3.76. The molecular weight excluding hydrogens is 406 g/mol. The summed E-state index contributed by atoms with van der Waals surface area (Å²) in [5.74, 6) is 1.08. The van der Waals surface area contributed by atoms with Crippen molar-refractivity contribution in [2.45, 2.75) is 6.04 Å². The minimum atomic E-state index is -0.242. The predicted molar refractivity (Wildman–Crippen MR) is 121 cm³/mol. The van der Waals surface area contributed by atoms with Crippen LogP contribution < -0.4 is 10.2 Å². The van der Waals surface area contributed by atoms with E-state index in [0.29, 0.717) is 17.4 Å². The van der Waals surface area contributed by atoms with Crippen LogP contribution in [0.5, 0.6) is 0 Å². The van der Waals surface area contributed by atoms with Gasteiger partial charge >= 0.3 is 0 Å². The van der Waals surface area contributed by atoms with Crippen LogP contribution in [0.2, 0.25) is 0 Å². The Balaban J connectivity index is 1.51. The molecule has 0 atom stereocenters. The molecule has 0 unspecified atom stereocenters. The van der Waals surface area contributed by atoms with Crippen LogP contribution in [0.4, 0.5) is 11.6 Å². The number of anilines is 2. The Morgan fingerprint density at radius 3 is 2.66 bits per heavy atom. The van der Waals surface area contributed by atoms with Gasteiger partial charge in [-0.1, -0.05) is 5.21 Å². The molecule has 0 bridgehead atoms. The van der Waals surface area contributed by atoms with Gasteiger partial charge in [0.15, 0.2) is 0 Å². The average molecular weight is 429 g/mol. The molecule has 1 N–H and O–H groups in total. The number of rotatable bonds is 5. The number of aromatic nitrogens is 6. The van der Waals surface area contributed by atoms with E-state index in [2.05, 4.69) is 49.5 Å². The maximum absolute atomic E-state index is 12.5. The number of carbonyl (C=O) groups excluding carboxylic acids is 1. The van der Waals surface area contributed by atoms with Crippen molar-refractivity contribution in [3.8, 4) is 11.3 Å². The first-order chi connectivity index (χ1) is 15.5. The van der Waals surface area contributed by atoms with Gasteiger partial charge in [-0.25, -0.2) is 9.97 Å². The zero-order chi connectivity index (χ0) is 22.2. The van der Waals surface area contributed by atoms with E-state index in [1.165, 1.54) is 0 Å². The maximum atomic E-state index is 12.5. The summed E-state index contributed by atoms with van der Waals surface area (Å²) in [7, 11) is 6.02. The fourth-order valence-electron chi connectivity index (χ4n) is 3.68. The minimum absolute atomic E-state index is 0.242. The molecule has 0 radical (unpaired) electrons. The number of likely N-dealkylation sites (N-methyl/N-ethyl adjacent to an activating group) is 1. The monoisotopic (exact) mass is 429 g/mol. The number of amides is 1. The van der Waals surface area contributed by atoms with Crippen LogP contribution in [0.3, 0.4) is 0 Å². The molecular formula is C22H23N9O. The van der Waals surface area contributed by atoms with Gasteiger partial charge in [-0.05, 0) is 38.4 Å². The molecule has 4 aromatic rings. The van der Waals surface area contributed by atoms with Crippen molar-refractivity contribution in [3.63, 3.8) is 0 Å². The van der Waals surface area contributed by atoms with E-state index in [4.69, 9.17) is 4.98 Å². The summed E-state index contributed by atoms with van der Waals surface area (Å²) in [6, 6.07) is 7.67. The van der Waals surface area contributed by atoms with Crippen LogP contribution in [0, 0.1) is 0 Å². The summed E-state index contributed by atoms with van der Waals surface area (Å²) < 4.78 is 1.68. The van der Waals surface area contributed by atoms with E-state index in [1.807, 2.05) is 25.4 Å². The Hall–Kier alpha value is -3.92. The standard InChI is InChI=1S/C22H23N9O/c1-29(2)16-11-31(12-16)21-17(19-13-30(3)28-27-19)8-15-9-20(24-10-18(15)25-21)26-22(32)14-4-6-23-7-5-14/h4-10,13,16H,11-12H2,1-3H3,(H,24,26,32). The van der Waals surface area contributed by atoms with E-state index in [9.17, 15) is 4.79 Å².